The first-order valence-electron chi connectivity index (χ1n) is 4.53. The zero-order valence-electron chi connectivity index (χ0n) is 8.52. The molecule has 0 saturated carbocycles. The van der Waals surface area contributed by atoms with E-state index in [0.717, 1.165) is 0 Å². The van der Waals surface area contributed by atoms with Gasteiger partial charge in [0.15, 0.2) is 5.69 Å². The van der Waals surface area contributed by atoms with E-state index in [1.807, 2.05) is 0 Å². The molecule has 82 valence electrons. The van der Waals surface area contributed by atoms with Gasteiger partial charge in [0, 0.05) is 6.07 Å². The first kappa shape index (κ1) is 11.2. The predicted octanol–water partition coefficient (Wildman–Crippen LogP) is 0.356. The first-order chi connectivity index (χ1) is 7.15. The molecule has 1 unspecified atom stereocenters. The predicted molar refractivity (Wildman–Crippen MR) is 50.1 cm³/mol. The second kappa shape index (κ2) is 5.14. The summed E-state index contributed by atoms with van der Waals surface area (Å²) in [6, 6.07) is 0.710. The molecule has 1 N–H and O–H groups in total. The summed E-state index contributed by atoms with van der Waals surface area (Å²) in [6.07, 6.45) is 1.28. The van der Waals surface area contributed by atoms with Gasteiger partial charge in [-0.15, -0.1) is 0 Å². The number of amides is 1. The van der Waals surface area contributed by atoms with E-state index in [0.29, 0.717) is 0 Å². The van der Waals surface area contributed by atoms with Crippen molar-refractivity contribution >= 4 is 11.9 Å². The van der Waals surface area contributed by atoms with Crippen molar-refractivity contribution in [3.63, 3.8) is 0 Å². The molecule has 0 aliphatic carbocycles. The van der Waals surface area contributed by atoms with Gasteiger partial charge in [0.2, 0.25) is 0 Å². The van der Waals surface area contributed by atoms with Crippen LogP contribution in [-0.2, 0) is 9.53 Å². The molecule has 0 aliphatic heterocycles. The molecule has 6 heteroatoms. The Kier molecular flexibility index (Phi) is 3.84. The molecule has 1 rings (SSSR count). The third kappa shape index (κ3) is 3.08. The van der Waals surface area contributed by atoms with Crippen LogP contribution in [-0.4, -0.2) is 29.7 Å². The lowest BCUT2D eigenvalue weighted by atomic mass is 10.3. The topological polar surface area (TPSA) is 81.4 Å². The highest BCUT2D eigenvalue weighted by atomic mass is 16.5. The van der Waals surface area contributed by atoms with Gasteiger partial charge >= 0.3 is 5.97 Å². The van der Waals surface area contributed by atoms with E-state index in [1.165, 1.54) is 19.3 Å². The second-order valence-corrected chi connectivity index (χ2v) is 2.83. The Morgan fingerprint density at radius 3 is 2.93 bits per heavy atom. The molecule has 0 fully saturated rings. The number of rotatable bonds is 4. The van der Waals surface area contributed by atoms with Gasteiger partial charge in [-0.25, -0.2) is 4.79 Å². The highest BCUT2D eigenvalue weighted by Crippen LogP contribution is 1.96. The number of esters is 1. The SMILES string of the molecule is CCOC(=O)C(C)NC(=O)c1ccon1. The average molecular weight is 212 g/mol. The molecular weight excluding hydrogens is 200 g/mol. The number of hydrogen-bond donors (Lipinski definition) is 1. The van der Waals surface area contributed by atoms with E-state index in [-0.39, 0.29) is 12.3 Å². The lowest BCUT2D eigenvalue weighted by Gasteiger charge is -2.10. The molecular formula is C9H12N2O4. The number of hydrogen-bond acceptors (Lipinski definition) is 5. The summed E-state index contributed by atoms with van der Waals surface area (Å²) in [4.78, 5) is 22.6. The molecule has 1 aromatic heterocycles. The lowest BCUT2D eigenvalue weighted by molar-refractivity contribution is -0.144. The van der Waals surface area contributed by atoms with Crippen LogP contribution in [0.5, 0.6) is 0 Å². The smallest absolute Gasteiger partial charge is 0.328 e. The fourth-order valence-electron chi connectivity index (χ4n) is 0.926. The zero-order valence-corrected chi connectivity index (χ0v) is 8.52. The van der Waals surface area contributed by atoms with Gasteiger partial charge in [0.25, 0.3) is 5.91 Å². The van der Waals surface area contributed by atoms with Gasteiger partial charge in [0.05, 0.1) is 6.61 Å². The maximum absolute atomic E-state index is 11.4. The molecule has 15 heavy (non-hydrogen) atoms. The molecule has 0 spiro atoms. The Morgan fingerprint density at radius 1 is 1.67 bits per heavy atom. The van der Waals surface area contributed by atoms with Gasteiger partial charge in [0.1, 0.15) is 12.3 Å². The summed E-state index contributed by atoms with van der Waals surface area (Å²) in [6.45, 7) is 3.52. The quantitative estimate of drug-likeness (QED) is 0.728. The van der Waals surface area contributed by atoms with Gasteiger partial charge in [-0.05, 0) is 13.8 Å². The summed E-state index contributed by atoms with van der Waals surface area (Å²) >= 11 is 0. The number of ether oxygens (including phenoxy) is 1. The molecule has 0 saturated heterocycles. The van der Waals surface area contributed by atoms with Crippen LogP contribution < -0.4 is 5.32 Å². The Labute approximate surface area is 86.6 Å². The second-order valence-electron chi connectivity index (χ2n) is 2.83. The monoisotopic (exact) mass is 212 g/mol. The van der Waals surface area contributed by atoms with E-state index < -0.39 is 17.9 Å². The fourth-order valence-corrected chi connectivity index (χ4v) is 0.926. The molecule has 1 atom stereocenters. The minimum atomic E-state index is -0.700. The molecule has 1 amide bonds. The zero-order chi connectivity index (χ0) is 11.3. The van der Waals surface area contributed by atoms with Gasteiger partial charge in [-0.2, -0.15) is 0 Å². The molecule has 0 aromatic carbocycles. The maximum atomic E-state index is 11.4. The highest BCUT2D eigenvalue weighted by molar-refractivity contribution is 5.94. The van der Waals surface area contributed by atoms with E-state index in [9.17, 15) is 9.59 Å². The lowest BCUT2D eigenvalue weighted by Crippen LogP contribution is -2.39. The maximum Gasteiger partial charge on any atom is 0.328 e. The Balaban J connectivity index is 2.48. The van der Waals surface area contributed by atoms with Crippen molar-refractivity contribution in [1.29, 1.82) is 0 Å². The van der Waals surface area contributed by atoms with E-state index in [4.69, 9.17) is 4.74 Å². The molecule has 6 nitrogen and oxygen atoms in total. The summed E-state index contributed by atoms with van der Waals surface area (Å²) in [7, 11) is 0. The third-order valence-electron chi connectivity index (χ3n) is 1.66. The summed E-state index contributed by atoms with van der Waals surface area (Å²) in [5.41, 5.74) is 0.131. The van der Waals surface area contributed by atoms with Crippen molar-refractivity contribution in [2.75, 3.05) is 6.61 Å². The van der Waals surface area contributed by atoms with Crippen molar-refractivity contribution in [3.8, 4) is 0 Å². The van der Waals surface area contributed by atoms with Crippen molar-refractivity contribution in [1.82, 2.24) is 10.5 Å². The number of carbonyl (C=O) groups is 2. The van der Waals surface area contributed by atoms with Gasteiger partial charge in [-0.3, -0.25) is 4.79 Å². The Morgan fingerprint density at radius 2 is 2.40 bits per heavy atom. The number of aromatic nitrogens is 1. The van der Waals surface area contributed by atoms with Crippen LogP contribution >= 0.6 is 0 Å². The number of nitrogens with zero attached hydrogens (tertiary/aromatic N) is 1. The Hall–Kier alpha value is -1.85. The molecule has 0 radical (unpaired) electrons. The highest BCUT2D eigenvalue weighted by Gasteiger charge is 2.18. The van der Waals surface area contributed by atoms with Crippen molar-refractivity contribution < 1.29 is 18.8 Å². The minimum absolute atomic E-state index is 0.131. The molecule has 1 aromatic rings. The van der Waals surface area contributed by atoms with Crippen LogP contribution in [0.25, 0.3) is 0 Å². The summed E-state index contributed by atoms with van der Waals surface area (Å²) < 4.78 is 9.22. The standard InChI is InChI=1S/C9H12N2O4/c1-3-14-9(13)6(2)10-8(12)7-4-5-15-11-7/h4-6H,3H2,1-2H3,(H,10,12). The number of nitrogens with one attached hydrogen (secondary N) is 1. The summed E-state index contributed by atoms with van der Waals surface area (Å²) in [5.74, 6) is -0.946. The Bertz CT molecular complexity index is 334. The van der Waals surface area contributed by atoms with Crippen LogP contribution in [0, 0.1) is 0 Å². The normalized spacial score (nSPS) is 11.9. The van der Waals surface area contributed by atoms with Crippen LogP contribution in [0.4, 0.5) is 0 Å². The molecule has 1 heterocycles. The largest absolute Gasteiger partial charge is 0.464 e. The van der Waals surface area contributed by atoms with Gasteiger partial charge < -0.3 is 14.6 Å². The van der Waals surface area contributed by atoms with E-state index >= 15 is 0 Å². The van der Waals surface area contributed by atoms with Crippen molar-refractivity contribution in [3.05, 3.63) is 18.0 Å². The molecule has 0 aliphatic rings. The molecule has 0 bridgehead atoms. The van der Waals surface area contributed by atoms with Crippen LogP contribution in [0.1, 0.15) is 24.3 Å². The average Bonchev–Trinajstić information content (AvgIpc) is 2.70. The first-order valence-corrected chi connectivity index (χ1v) is 4.53. The fraction of sp³-hybridized carbons (Fsp3) is 0.444. The van der Waals surface area contributed by atoms with Crippen molar-refractivity contribution in [2.24, 2.45) is 0 Å². The van der Waals surface area contributed by atoms with E-state index in [1.54, 1.807) is 6.92 Å². The number of carbonyl (C=O) groups excluding carboxylic acids is 2. The van der Waals surface area contributed by atoms with Crippen LogP contribution in [0.3, 0.4) is 0 Å². The van der Waals surface area contributed by atoms with Crippen molar-refractivity contribution in [2.45, 2.75) is 19.9 Å². The summed E-state index contributed by atoms with van der Waals surface area (Å²) in [5, 5.41) is 5.87. The van der Waals surface area contributed by atoms with Gasteiger partial charge in [-0.1, -0.05) is 5.16 Å². The van der Waals surface area contributed by atoms with Crippen LogP contribution in [0.2, 0.25) is 0 Å². The van der Waals surface area contributed by atoms with Crippen LogP contribution in [0.15, 0.2) is 16.9 Å². The minimum Gasteiger partial charge on any atom is -0.464 e. The third-order valence-corrected chi connectivity index (χ3v) is 1.66. The van der Waals surface area contributed by atoms with E-state index in [2.05, 4.69) is 15.0 Å².